The molecule has 0 aliphatic carbocycles. The first-order chi connectivity index (χ1) is 6.42. The van der Waals surface area contributed by atoms with Crippen molar-refractivity contribution in [2.45, 2.75) is 50.3 Å². The molecule has 0 spiro atoms. The zero-order valence-electron chi connectivity index (χ0n) is 8.68. The largest absolute Gasteiger partial charge is 0.480 e. The minimum atomic E-state index is -1.05. The highest BCUT2D eigenvalue weighted by Gasteiger charge is 2.35. The van der Waals surface area contributed by atoms with Crippen LogP contribution in [-0.2, 0) is 9.59 Å². The van der Waals surface area contributed by atoms with Gasteiger partial charge in [0.2, 0.25) is 0 Å². The van der Waals surface area contributed by atoms with E-state index in [0.29, 0.717) is 6.42 Å². The molecule has 0 amide bonds. The number of unbranched alkanes of at least 4 members (excludes halogenated alkanes) is 2. The summed E-state index contributed by atoms with van der Waals surface area (Å²) in [6.45, 7) is 3.47. The monoisotopic (exact) mass is 264 g/mol. The van der Waals surface area contributed by atoms with E-state index in [2.05, 4.69) is 22.9 Å². The van der Waals surface area contributed by atoms with Crippen molar-refractivity contribution in [3.63, 3.8) is 0 Å². The summed E-state index contributed by atoms with van der Waals surface area (Å²) in [4.78, 5) is 21.9. The molecule has 0 rings (SSSR count). The molecule has 0 aliphatic heterocycles. The van der Waals surface area contributed by atoms with E-state index in [1.807, 2.05) is 0 Å². The highest BCUT2D eigenvalue weighted by molar-refractivity contribution is 9.10. The molecule has 0 heterocycles. The number of carbonyl (C=O) groups excluding carboxylic acids is 1. The molecule has 0 aromatic carbocycles. The van der Waals surface area contributed by atoms with Crippen LogP contribution in [0.1, 0.15) is 46.0 Å². The predicted octanol–water partition coefficient (Wildman–Crippen LogP) is 2.76. The third kappa shape index (κ3) is 4.74. The van der Waals surface area contributed by atoms with Crippen LogP contribution in [0.5, 0.6) is 0 Å². The number of alkyl halides is 1. The van der Waals surface area contributed by atoms with Crippen LogP contribution in [0.4, 0.5) is 0 Å². The van der Waals surface area contributed by atoms with E-state index in [1.54, 1.807) is 0 Å². The van der Waals surface area contributed by atoms with E-state index in [1.165, 1.54) is 6.92 Å². The molecule has 0 aliphatic rings. The van der Waals surface area contributed by atoms with E-state index >= 15 is 0 Å². The van der Waals surface area contributed by atoms with Gasteiger partial charge in [0, 0.05) is 6.42 Å². The van der Waals surface area contributed by atoms with Crippen molar-refractivity contribution in [1.82, 2.24) is 0 Å². The summed E-state index contributed by atoms with van der Waals surface area (Å²) in [5, 5.41) is 8.98. The first kappa shape index (κ1) is 13.6. The van der Waals surface area contributed by atoms with Gasteiger partial charge in [0.05, 0.1) is 0 Å². The average molecular weight is 265 g/mol. The first-order valence-electron chi connectivity index (χ1n) is 4.84. The molecule has 82 valence electrons. The van der Waals surface area contributed by atoms with Gasteiger partial charge in [0.25, 0.3) is 0 Å². The Morgan fingerprint density at radius 1 is 1.36 bits per heavy atom. The summed E-state index contributed by atoms with van der Waals surface area (Å²) < 4.78 is -1.05. The molecule has 0 bridgehead atoms. The van der Waals surface area contributed by atoms with E-state index < -0.39 is 10.3 Å². The molecule has 0 aromatic heterocycles. The lowest BCUT2D eigenvalue weighted by Gasteiger charge is -2.20. The molecule has 14 heavy (non-hydrogen) atoms. The Kier molecular flexibility index (Phi) is 6.00. The molecule has 0 aromatic rings. The second-order valence-electron chi connectivity index (χ2n) is 3.61. The van der Waals surface area contributed by atoms with Crippen LogP contribution in [0.15, 0.2) is 0 Å². The maximum Gasteiger partial charge on any atom is 0.320 e. The Bertz CT molecular complexity index is 215. The Morgan fingerprint density at radius 3 is 2.29 bits per heavy atom. The van der Waals surface area contributed by atoms with Gasteiger partial charge in [-0.15, -0.1) is 0 Å². The van der Waals surface area contributed by atoms with Gasteiger partial charge >= 0.3 is 5.97 Å². The molecular weight excluding hydrogens is 248 g/mol. The lowest BCUT2D eigenvalue weighted by molar-refractivity contribution is -0.141. The molecule has 1 atom stereocenters. The van der Waals surface area contributed by atoms with E-state index in [9.17, 15) is 9.59 Å². The quantitative estimate of drug-likeness (QED) is 0.568. The average Bonchev–Trinajstić information content (AvgIpc) is 2.03. The lowest BCUT2D eigenvalue weighted by Crippen LogP contribution is -2.33. The van der Waals surface area contributed by atoms with Gasteiger partial charge in [0.15, 0.2) is 0 Å². The van der Waals surface area contributed by atoms with Crippen molar-refractivity contribution in [2.24, 2.45) is 0 Å². The number of carboxylic acid groups (broad SMARTS) is 1. The van der Waals surface area contributed by atoms with Crippen LogP contribution < -0.4 is 0 Å². The molecular formula is C10H17BrO3. The number of carbonyl (C=O) groups is 2. The number of aliphatic carboxylic acids is 1. The van der Waals surface area contributed by atoms with Crippen molar-refractivity contribution >= 4 is 27.7 Å². The predicted molar refractivity (Wildman–Crippen MR) is 58.7 cm³/mol. The van der Waals surface area contributed by atoms with E-state index in [4.69, 9.17) is 5.11 Å². The number of Topliss-reactive ketones (excluding diaryl/α,β-unsaturated/α-hetero) is 1. The fraction of sp³-hybridized carbons (Fsp3) is 0.800. The Hall–Kier alpha value is -0.380. The van der Waals surface area contributed by atoms with Gasteiger partial charge in [-0.1, -0.05) is 42.1 Å². The standard InChI is InChI=1S/C10H17BrO3/c1-3-4-5-6-10(11,9(13)14)7-8(2)12/h3-7H2,1-2H3,(H,13,14). The maximum atomic E-state index is 11.0. The second-order valence-corrected chi connectivity index (χ2v) is 5.12. The van der Waals surface area contributed by atoms with Crippen molar-refractivity contribution in [2.75, 3.05) is 0 Å². The Morgan fingerprint density at radius 2 is 1.93 bits per heavy atom. The number of halogens is 1. The van der Waals surface area contributed by atoms with Crippen LogP contribution in [0.25, 0.3) is 0 Å². The minimum absolute atomic E-state index is 0.0616. The number of hydrogen-bond acceptors (Lipinski definition) is 2. The summed E-state index contributed by atoms with van der Waals surface area (Å²) in [5.41, 5.74) is 0. The minimum Gasteiger partial charge on any atom is -0.480 e. The molecule has 1 N–H and O–H groups in total. The SMILES string of the molecule is CCCCCC(Br)(CC(C)=O)C(=O)O. The number of rotatable bonds is 7. The lowest BCUT2D eigenvalue weighted by atomic mass is 9.96. The third-order valence-electron chi connectivity index (χ3n) is 2.09. The first-order valence-corrected chi connectivity index (χ1v) is 5.63. The zero-order valence-corrected chi connectivity index (χ0v) is 10.3. The smallest absolute Gasteiger partial charge is 0.320 e. The van der Waals surface area contributed by atoms with Crippen molar-refractivity contribution < 1.29 is 14.7 Å². The van der Waals surface area contributed by atoms with Gasteiger partial charge in [-0.05, 0) is 13.3 Å². The van der Waals surface area contributed by atoms with Gasteiger partial charge in [0.1, 0.15) is 10.1 Å². The molecule has 0 saturated heterocycles. The van der Waals surface area contributed by atoms with Crippen molar-refractivity contribution in [3.05, 3.63) is 0 Å². The fourth-order valence-electron chi connectivity index (χ4n) is 1.32. The summed E-state index contributed by atoms with van der Waals surface area (Å²) in [5.74, 6) is -1.04. The number of carboxylic acids is 1. The van der Waals surface area contributed by atoms with E-state index in [-0.39, 0.29) is 12.2 Å². The number of hydrogen-bond donors (Lipinski definition) is 1. The Labute approximate surface area is 93.0 Å². The van der Waals surface area contributed by atoms with Crippen LogP contribution >= 0.6 is 15.9 Å². The van der Waals surface area contributed by atoms with E-state index in [0.717, 1.165) is 19.3 Å². The molecule has 3 nitrogen and oxygen atoms in total. The van der Waals surface area contributed by atoms with Crippen LogP contribution in [0, 0.1) is 0 Å². The molecule has 4 heteroatoms. The van der Waals surface area contributed by atoms with Gasteiger partial charge in [-0.2, -0.15) is 0 Å². The van der Waals surface area contributed by atoms with Crippen LogP contribution in [0.3, 0.4) is 0 Å². The zero-order chi connectivity index (χ0) is 11.2. The molecule has 1 unspecified atom stereocenters. The maximum absolute atomic E-state index is 11.0. The van der Waals surface area contributed by atoms with Crippen molar-refractivity contribution in [1.29, 1.82) is 0 Å². The molecule has 0 saturated carbocycles. The summed E-state index contributed by atoms with van der Waals surface area (Å²) in [6, 6.07) is 0. The molecule has 0 fully saturated rings. The summed E-state index contributed by atoms with van der Waals surface area (Å²) in [7, 11) is 0. The van der Waals surface area contributed by atoms with Crippen molar-refractivity contribution in [3.8, 4) is 0 Å². The normalized spacial score (nSPS) is 14.8. The van der Waals surface area contributed by atoms with Crippen LogP contribution in [-0.4, -0.2) is 21.2 Å². The van der Waals surface area contributed by atoms with Crippen LogP contribution in [0.2, 0.25) is 0 Å². The third-order valence-corrected chi connectivity index (χ3v) is 3.11. The highest BCUT2D eigenvalue weighted by Crippen LogP contribution is 2.30. The van der Waals surface area contributed by atoms with Gasteiger partial charge < -0.3 is 5.11 Å². The number of ketones is 1. The summed E-state index contributed by atoms with van der Waals surface area (Å²) in [6.07, 6.45) is 3.45. The van der Waals surface area contributed by atoms with Gasteiger partial charge in [-0.25, -0.2) is 0 Å². The molecule has 0 radical (unpaired) electrons. The fourth-order valence-corrected chi connectivity index (χ4v) is 2.00. The second kappa shape index (κ2) is 6.17. The topological polar surface area (TPSA) is 54.4 Å². The highest BCUT2D eigenvalue weighted by atomic mass is 79.9. The Balaban J connectivity index is 4.24. The van der Waals surface area contributed by atoms with Gasteiger partial charge in [-0.3, -0.25) is 9.59 Å². The summed E-state index contributed by atoms with van der Waals surface area (Å²) >= 11 is 3.16.